The first-order chi connectivity index (χ1) is 8.64. The Hall–Kier alpha value is -0.870. The standard InChI is InChI=1S/C14H18O3S/c1-17-13-10-7-8-11(9-10)14(13)18(15,16)12-5-3-2-4-6-12/h2-6,10-11,13-14H,7-9H2,1H3/t10-,11+,13+,14+/m0/s1. The Labute approximate surface area is 108 Å². The molecule has 4 atom stereocenters. The van der Waals surface area contributed by atoms with Gasteiger partial charge in [-0.3, -0.25) is 0 Å². The molecule has 0 aromatic heterocycles. The van der Waals surface area contributed by atoms with Crippen LogP contribution in [0.4, 0.5) is 0 Å². The Morgan fingerprint density at radius 3 is 2.44 bits per heavy atom. The molecule has 0 amide bonds. The van der Waals surface area contributed by atoms with E-state index < -0.39 is 9.84 Å². The van der Waals surface area contributed by atoms with Crippen LogP contribution in [0.3, 0.4) is 0 Å². The summed E-state index contributed by atoms with van der Waals surface area (Å²) in [5.74, 6) is 0.716. The average Bonchev–Trinajstić information content (AvgIpc) is 2.99. The zero-order chi connectivity index (χ0) is 12.8. The molecule has 2 saturated carbocycles. The Balaban J connectivity index is 1.99. The lowest BCUT2D eigenvalue weighted by Crippen LogP contribution is -2.40. The van der Waals surface area contributed by atoms with Crippen LogP contribution in [0.1, 0.15) is 19.3 Å². The first-order valence-corrected chi connectivity index (χ1v) is 8.01. The van der Waals surface area contributed by atoms with E-state index in [9.17, 15) is 8.42 Å². The number of hydrogen-bond acceptors (Lipinski definition) is 3. The molecule has 0 unspecified atom stereocenters. The van der Waals surface area contributed by atoms with Crippen molar-refractivity contribution in [1.29, 1.82) is 0 Å². The van der Waals surface area contributed by atoms with Crippen LogP contribution in [-0.4, -0.2) is 26.9 Å². The molecule has 2 aliphatic rings. The van der Waals surface area contributed by atoms with Gasteiger partial charge in [-0.05, 0) is 43.2 Å². The van der Waals surface area contributed by atoms with E-state index in [4.69, 9.17) is 4.74 Å². The third-order valence-electron chi connectivity index (χ3n) is 4.47. The summed E-state index contributed by atoms with van der Waals surface area (Å²) in [6.45, 7) is 0. The van der Waals surface area contributed by atoms with Crippen molar-refractivity contribution < 1.29 is 13.2 Å². The van der Waals surface area contributed by atoms with Gasteiger partial charge in [0.15, 0.2) is 9.84 Å². The number of fused-ring (bicyclic) bond motifs is 2. The fourth-order valence-electron chi connectivity index (χ4n) is 3.71. The minimum Gasteiger partial charge on any atom is -0.380 e. The largest absolute Gasteiger partial charge is 0.380 e. The van der Waals surface area contributed by atoms with E-state index in [1.807, 2.05) is 6.07 Å². The molecule has 0 heterocycles. The fraction of sp³-hybridized carbons (Fsp3) is 0.571. The second kappa shape index (κ2) is 4.35. The molecule has 0 N–H and O–H groups in total. The third-order valence-corrected chi connectivity index (χ3v) is 6.77. The number of hydrogen-bond donors (Lipinski definition) is 0. The SMILES string of the molecule is CO[C@@H]1[C@H]2CC[C@H](C2)[C@H]1S(=O)(=O)c1ccccc1. The topological polar surface area (TPSA) is 43.4 Å². The van der Waals surface area contributed by atoms with Crippen molar-refractivity contribution in [1.82, 2.24) is 0 Å². The van der Waals surface area contributed by atoms with Crippen LogP contribution in [0, 0.1) is 11.8 Å². The second-order valence-electron chi connectivity index (χ2n) is 5.36. The lowest BCUT2D eigenvalue weighted by Gasteiger charge is -2.29. The Morgan fingerprint density at radius 2 is 1.78 bits per heavy atom. The number of sulfone groups is 1. The smallest absolute Gasteiger partial charge is 0.184 e. The van der Waals surface area contributed by atoms with Crippen LogP contribution in [0.15, 0.2) is 35.2 Å². The number of ether oxygens (including phenoxy) is 1. The van der Waals surface area contributed by atoms with Crippen LogP contribution in [0.25, 0.3) is 0 Å². The quantitative estimate of drug-likeness (QED) is 0.843. The highest BCUT2D eigenvalue weighted by molar-refractivity contribution is 7.92. The Kier molecular flexibility index (Phi) is 2.94. The van der Waals surface area contributed by atoms with Crippen molar-refractivity contribution in [2.24, 2.45) is 11.8 Å². The van der Waals surface area contributed by atoms with Gasteiger partial charge in [-0.15, -0.1) is 0 Å². The van der Waals surface area contributed by atoms with Gasteiger partial charge in [0.05, 0.1) is 16.2 Å². The van der Waals surface area contributed by atoms with Crippen molar-refractivity contribution in [3.63, 3.8) is 0 Å². The first-order valence-electron chi connectivity index (χ1n) is 6.46. The summed E-state index contributed by atoms with van der Waals surface area (Å²) in [7, 11) is -1.62. The summed E-state index contributed by atoms with van der Waals surface area (Å²) in [5, 5.41) is -0.344. The molecule has 0 spiro atoms. The van der Waals surface area contributed by atoms with Crippen molar-refractivity contribution >= 4 is 9.84 Å². The normalized spacial score (nSPS) is 34.9. The molecule has 3 rings (SSSR count). The molecule has 2 bridgehead atoms. The maximum atomic E-state index is 12.7. The molecule has 1 aromatic carbocycles. The predicted molar refractivity (Wildman–Crippen MR) is 69.0 cm³/mol. The molecule has 1 aromatic rings. The molecule has 4 heteroatoms. The molecule has 0 radical (unpaired) electrons. The summed E-state index contributed by atoms with van der Waals surface area (Å²) in [5.41, 5.74) is 0. The molecule has 18 heavy (non-hydrogen) atoms. The maximum Gasteiger partial charge on any atom is 0.184 e. The van der Waals surface area contributed by atoms with E-state index in [-0.39, 0.29) is 17.3 Å². The predicted octanol–water partition coefficient (Wildman–Crippen LogP) is 2.27. The van der Waals surface area contributed by atoms with E-state index in [0.717, 1.165) is 19.3 Å². The molecule has 2 aliphatic carbocycles. The maximum absolute atomic E-state index is 12.7. The van der Waals surface area contributed by atoms with Crippen LogP contribution < -0.4 is 0 Å². The van der Waals surface area contributed by atoms with Gasteiger partial charge in [0.1, 0.15) is 0 Å². The number of benzene rings is 1. The summed E-state index contributed by atoms with van der Waals surface area (Å²) >= 11 is 0. The zero-order valence-corrected chi connectivity index (χ0v) is 11.3. The van der Waals surface area contributed by atoms with Crippen molar-refractivity contribution in [2.75, 3.05) is 7.11 Å². The van der Waals surface area contributed by atoms with Gasteiger partial charge in [0.25, 0.3) is 0 Å². The summed E-state index contributed by atoms with van der Waals surface area (Å²) in [6.07, 6.45) is 3.04. The third kappa shape index (κ3) is 1.70. The highest BCUT2D eigenvalue weighted by atomic mass is 32.2. The van der Waals surface area contributed by atoms with Crippen LogP contribution in [0.5, 0.6) is 0 Å². The summed E-state index contributed by atoms with van der Waals surface area (Å²) in [4.78, 5) is 0.435. The van der Waals surface area contributed by atoms with Gasteiger partial charge in [-0.25, -0.2) is 8.42 Å². The van der Waals surface area contributed by atoms with E-state index in [1.165, 1.54) is 0 Å². The molecule has 3 nitrogen and oxygen atoms in total. The monoisotopic (exact) mass is 266 g/mol. The van der Waals surface area contributed by atoms with Crippen LogP contribution in [0.2, 0.25) is 0 Å². The van der Waals surface area contributed by atoms with E-state index >= 15 is 0 Å². The van der Waals surface area contributed by atoms with Crippen LogP contribution >= 0.6 is 0 Å². The fourth-order valence-corrected chi connectivity index (χ4v) is 6.00. The highest BCUT2D eigenvalue weighted by Gasteiger charge is 2.53. The molecule has 98 valence electrons. The molecule has 2 fully saturated rings. The van der Waals surface area contributed by atoms with Crippen LogP contribution in [-0.2, 0) is 14.6 Å². The van der Waals surface area contributed by atoms with Gasteiger partial charge in [0, 0.05) is 7.11 Å². The average molecular weight is 266 g/mol. The summed E-state index contributed by atoms with van der Waals surface area (Å²) < 4.78 is 30.9. The molecular formula is C14H18O3S. The highest BCUT2D eigenvalue weighted by Crippen LogP contribution is 2.49. The number of methoxy groups -OCH3 is 1. The van der Waals surface area contributed by atoms with Crippen molar-refractivity contribution in [3.8, 4) is 0 Å². The first kappa shape index (κ1) is 12.2. The lowest BCUT2D eigenvalue weighted by molar-refractivity contribution is 0.0597. The zero-order valence-electron chi connectivity index (χ0n) is 10.5. The van der Waals surface area contributed by atoms with E-state index in [0.29, 0.717) is 10.8 Å². The van der Waals surface area contributed by atoms with Gasteiger partial charge in [0.2, 0.25) is 0 Å². The van der Waals surface area contributed by atoms with Gasteiger partial charge < -0.3 is 4.74 Å². The Morgan fingerprint density at radius 1 is 1.11 bits per heavy atom. The second-order valence-corrected chi connectivity index (χ2v) is 7.46. The molecule has 0 aliphatic heterocycles. The summed E-state index contributed by atoms with van der Waals surface area (Å²) in [6, 6.07) is 8.78. The van der Waals surface area contributed by atoms with Crippen molar-refractivity contribution in [3.05, 3.63) is 30.3 Å². The van der Waals surface area contributed by atoms with Gasteiger partial charge >= 0.3 is 0 Å². The number of rotatable bonds is 3. The minimum absolute atomic E-state index is 0.117. The lowest BCUT2D eigenvalue weighted by atomic mass is 9.97. The van der Waals surface area contributed by atoms with Gasteiger partial charge in [-0.1, -0.05) is 18.2 Å². The molecule has 0 saturated heterocycles. The van der Waals surface area contributed by atoms with E-state index in [1.54, 1.807) is 31.4 Å². The van der Waals surface area contributed by atoms with E-state index in [2.05, 4.69) is 0 Å². The minimum atomic E-state index is -3.26. The molecular weight excluding hydrogens is 248 g/mol. The Bertz CT molecular complexity index is 523. The van der Waals surface area contributed by atoms with Crippen molar-refractivity contribution in [2.45, 2.75) is 35.5 Å². The van der Waals surface area contributed by atoms with Gasteiger partial charge in [-0.2, -0.15) is 0 Å².